The third kappa shape index (κ3) is 3.79. The average Bonchev–Trinajstić information content (AvgIpc) is 2.86. The van der Waals surface area contributed by atoms with Crippen molar-refractivity contribution in [3.63, 3.8) is 0 Å². The van der Waals surface area contributed by atoms with Crippen LogP contribution in [0.15, 0.2) is 30.5 Å². The summed E-state index contributed by atoms with van der Waals surface area (Å²) in [4.78, 5) is 11.9. The predicted octanol–water partition coefficient (Wildman–Crippen LogP) is 1.27. The van der Waals surface area contributed by atoms with Crippen LogP contribution in [0.3, 0.4) is 0 Å². The molecule has 1 aromatic carbocycles. The minimum Gasteiger partial charge on any atom is -0.348 e. The van der Waals surface area contributed by atoms with Gasteiger partial charge in [-0.3, -0.25) is 4.79 Å². The van der Waals surface area contributed by atoms with Gasteiger partial charge in [0, 0.05) is 11.6 Å². The van der Waals surface area contributed by atoms with Crippen LogP contribution in [0.1, 0.15) is 24.2 Å². The van der Waals surface area contributed by atoms with Crippen LogP contribution in [-0.2, 0) is 17.9 Å². The Bertz CT molecular complexity index is 581. The number of rotatable bonds is 5. The van der Waals surface area contributed by atoms with E-state index >= 15 is 0 Å². The molecular weight excluding hydrogens is 278 g/mol. The van der Waals surface area contributed by atoms with E-state index in [1.807, 2.05) is 19.1 Å². The Morgan fingerprint density at radius 2 is 2.15 bits per heavy atom. The van der Waals surface area contributed by atoms with Crippen LogP contribution < -0.4 is 11.1 Å². The summed E-state index contributed by atoms with van der Waals surface area (Å²) in [5, 5.41) is 11.2. The molecule has 2 aromatic rings. The Hall–Kier alpha value is -1.92. The highest BCUT2D eigenvalue weighted by molar-refractivity contribution is 6.30. The number of carbonyl (C=O) groups excluding carboxylic acids is 1. The fraction of sp³-hybridized carbons (Fsp3) is 0.308. The van der Waals surface area contributed by atoms with Crippen molar-refractivity contribution in [1.29, 1.82) is 0 Å². The van der Waals surface area contributed by atoms with E-state index in [-0.39, 0.29) is 18.5 Å². The molecule has 1 aromatic heterocycles. The van der Waals surface area contributed by atoms with Crippen LogP contribution in [0.25, 0.3) is 0 Å². The van der Waals surface area contributed by atoms with Gasteiger partial charge in [-0.25, -0.2) is 4.68 Å². The molecule has 0 saturated heterocycles. The fourth-order valence-corrected chi connectivity index (χ4v) is 1.90. The number of hydrogen-bond donors (Lipinski definition) is 2. The lowest BCUT2D eigenvalue weighted by molar-refractivity contribution is -0.122. The molecule has 6 nitrogen and oxygen atoms in total. The molecule has 7 heteroatoms. The minimum atomic E-state index is -0.138. The summed E-state index contributed by atoms with van der Waals surface area (Å²) in [5.41, 5.74) is 7.08. The van der Waals surface area contributed by atoms with Crippen molar-refractivity contribution in [2.45, 2.75) is 26.1 Å². The van der Waals surface area contributed by atoms with Gasteiger partial charge in [0.15, 0.2) is 0 Å². The summed E-state index contributed by atoms with van der Waals surface area (Å²) in [6.07, 6.45) is 1.66. The van der Waals surface area contributed by atoms with Gasteiger partial charge >= 0.3 is 0 Å². The Kier molecular flexibility index (Phi) is 4.70. The maximum atomic E-state index is 11.9. The third-order valence-corrected chi connectivity index (χ3v) is 3.10. The summed E-state index contributed by atoms with van der Waals surface area (Å²) >= 11 is 5.83. The first-order valence-electron chi connectivity index (χ1n) is 6.22. The van der Waals surface area contributed by atoms with E-state index in [9.17, 15) is 4.79 Å². The molecule has 2 rings (SSSR count). The van der Waals surface area contributed by atoms with Gasteiger partial charge in [0.05, 0.1) is 17.9 Å². The van der Waals surface area contributed by atoms with Crippen LogP contribution in [0, 0.1) is 0 Å². The van der Waals surface area contributed by atoms with Crippen molar-refractivity contribution >= 4 is 17.5 Å². The number of carbonyl (C=O) groups is 1. The molecule has 1 atom stereocenters. The van der Waals surface area contributed by atoms with Crippen LogP contribution in [0.5, 0.6) is 0 Å². The molecule has 0 fully saturated rings. The molecule has 0 saturated carbocycles. The van der Waals surface area contributed by atoms with Crippen LogP contribution in [0.2, 0.25) is 5.02 Å². The van der Waals surface area contributed by atoms with Crippen LogP contribution in [0.4, 0.5) is 0 Å². The topological polar surface area (TPSA) is 85.8 Å². The molecule has 1 amide bonds. The number of benzene rings is 1. The van der Waals surface area contributed by atoms with Gasteiger partial charge in [0.2, 0.25) is 5.91 Å². The molecule has 1 heterocycles. The number of aromatic nitrogens is 3. The molecule has 0 aliphatic carbocycles. The number of nitrogens with one attached hydrogen (secondary N) is 1. The maximum Gasteiger partial charge on any atom is 0.242 e. The van der Waals surface area contributed by atoms with Crippen molar-refractivity contribution in [2.75, 3.05) is 0 Å². The van der Waals surface area contributed by atoms with Gasteiger partial charge in [-0.1, -0.05) is 28.9 Å². The molecule has 106 valence electrons. The molecule has 0 aliphatic rings. The van der Waals surface area contributed by atoms with E-state index < -0.39 is 0 Å². The zero-order chi connectivity index (χ0) is 14.5. The van der Waals surface area contributed by atoms with E-state index in [0.29, 0.717) is 17.3 Å². The van der Waals surface area contributed by atoms with Gasteiger partial charge in [0.1, 0.15) is 6.54 Å². The van der Waals surface area contributed by atoms with Gasteiger partial charge in [-0.05, 0) is 24.6 Å². The summed E-state index contributed by atoms with van der Waals surface area (Å²) in [5.74, 6) is -0.138. The number of nitrogens with zero attached hydrogens (tertiary/aromatic N) is 3. The molecule has 0 bridgehead atoms. The van der Waals surface area contributed by atoms with Crippen molar-refractivity contribution in [3.8, 4) is 0 Å². The smallest absolute Gasteiger partial charge is 0.242 e. The second-order valence-electron chi connectivity index (χ2n) is 4.45. The second-order valence-corrected chi connectivity index (χ2v) is 4.89. The Morgan fingerprint density at radius 3 is 2.75 bits per heavy atom. The number of amides is 1. The second kappa shape index (κ2) is 6.49. The van der Waals surface area contributed by atoms with E-state index in [0.717, 1.165) is 5.56 Å². The quantitative estimate of drug-likeness (QED) is 0.869. The fourth-order valence-electron chi connectivity index (χ4n) is 1.78. The Morgan fingerprint density at radius 1 is 1.45 bits per heavy atom. The van der Waals surface area contributed by atoms with E-state index in [4.69, 9.17) is 17.3 Å². The molecule has 0 aliphatic heterocycles. The molecule has 0 unspecified atom stereocenters. The van der Waals surface area contributed by atoms with E-state index in [1.165, 1.54) is 4.68 Å². The van der Waals surface area contributed by atoms with E-state index in [1.54, 1.807) is 18.3 Å². The van der Waals surface area contributed by atoms with Gasteiger partial charge in [-0.15, -0.1) is 5.10 Å². The average molecular weight is 294 g/mol. The maximum absolute atomic E-state index is 11.9. The molecule has 0 spiro atoms. The first-order valence-corrected chi connectivity index (χ1v) is 6.60. The Balaban J connectivity index is 1.92. The SMILES string of the molecule is C[C@H](NC(=O)Cn1cc(CN)nn1)c1ccc(Cl)cc1. The highest BCUT2D eigenvalue weighted by Gasteiger charge is 2.11. The number of halogens is 1. The highest BCUT2D eigenvalue weighted by atomic mass is 35.5. The van der Waals surface area contributed by atoms with Crippen molar-refractivity contribution in [1.82, 2.24) is 20.3 Å². The van der Waals surface area contributed by atoms with E-state index in [2.05, 4.69) is 15.6 Å². The van der Waals surface area contributed by atoms with Crippen molar-refractivity contribution < 1.29 is 4.79 Å². The minimum absolute atomic E-state index is 0.0998. The Labute approximate surface area is 121 Å². The number of hydrogen-bond acceptors (Lipinski definition) is 4. The monoisotopic (exact) mass is 293 g/mol. The molecule has 3 N–H and O–H groups in total. The lowest BCUT2D eigenvalue weighted by Gasteiger charge is -2.14. The third-order valence-electron chi connectivity index (χ3n) is 2.85. The molecule has 20 heavy (non-hydrogen) atoms. The summed E-state index contributed by atoms with van der Waals surface area (Å²) in [6.45, 7) is 2.33. The summed E-state index contributed by atoms with van der Waals surface area (Å²) in [7, 11) is 0. The van der Waals surface area contributed by atoms with Gasteiger partial charge < -0.3 is 11.1 Å². The highest BCUT2D eigenvalue weighted by Crippen LogP contribution is 2.15. The van der Waals surface area contributed by atoms with Gasteiger partial charge in [0.25, 0.3) is 0 Å². The standard InChI is InChI=1S/C13H16ClN5O/c1-9(10-2-4-11(14)5-3-10)16-13(20)8-19-7-12(6-15)17-18-19/h2-5,7,9H,6,8,15H2,1H3,(H,16,20)/t9-/m0/s1. The predicted molar refractivity (Wildman–Crippen MR) is 75.9 cm³/mol. The van der Waals surface area contributed by atoms with Crippen LogP contribution in [-0.4, -0.2) is 20.9 Å². The van der Waals surface area contributed by atoms with Crippen molar-refractivity contribution in [3.05, 3.63) is 46.7 Å². The van der Waals surface area contributed by atoms with Crippen molar-refractivity contribution in [2.24, 2.45) is 5.73 Å². The van der Waals surface area contributed by atoms with Gasteiger partial charge in [-0.2, -0.15) is 0 Å². The molecular formula is C13H16ClN5O. The van der Waals surface area contributed by atoms with Crippen LogP contribution >= 0.6 is 11.6 Å². The summed E-state index contributed by atoms with van der Waals surface area (Å²) in [6, 6.07) is 7.26. The first-order chi connectivity index (χ1) is 9.58. The lowest BCUT2D eigenvalue weighted by Crippen LogP contribution is -2.30. The lowest BCUT2D eigenvalue weighted by atomic mass is 10.1. The zero-order valence-electron chi connectivity index (χ0n) is 11.1. The molecule has 0 radical (unpaired) electrons. The summed E-state index contributed by atoms with van der Waals surface area (Å²) < 4.78 is 1.46. The normalized spacial score (nSPS) is 12.2. The first kappa shape index (κ1) is 14.5. The number of nitrogens with two attached hydrogens (primary N) is 1. The largest absolute Gasteiger partial charge is 0.348 e. The zero-order valence-corrected chi connectivity index (χ0v) is 11.8.